The lowest BCUT2D eigenvalue weighted by atomic mass is 9.86. The molecule has 1 heterocycles. The Morgan fingerprint density at radius 3 is 2.92 bits per heavy atom. The van der Waals surface area contributed by atoms with Crippen LogP contribution in [0.4, 0.5) is 0 Å². The molecular weight excluding hydrogens is 158 g/mol. The van der Waals surface area contributed by atoms with Crippen LogP contribution in [-0.4, -0.2) is 4.98 Å². The van der Waals surface area contributed by atoms with Crippen LogP contribution in [0.3, 0.4) is 0 Å². The van der Waals surface area contributed by atoms with Crippen LogP contribution in [0.2, 0.25) is 0 Å². The second-order valence-corrected chi connectivity index (χ2v) is 4.35. The molecule has 0 aliphatic heterocycles. The summed E-state index contributed by atoms with van der Waals surface area (Å²) < 4.78 is 0. The van der Waals surface area contributed by atoms with E-state index >= 15 is 0 Å². The Kier molecular flexibility index (Phi) is 2.10. The van der Waals surface area contributed by atoms with Gasteiger partial charge in [0.2, 0.25) is 0 Å². The smallest absolute Gasteiger partial charge is 0.0444 e. The Hall–Kier alpha value is -0.850. The van der Waals surface area contributed by atoms with Crippen molar-refractivity contribution in [1.29, 1.82) is 0 Å². The SMILES string of the molecule is Cc1cc(C)c2c(n1)C[C@H](C)CC2. The summed E-state index contributed by atoms with van der Waals surface area (Å²) in [5.41, 5.74) is 5.49. The van der Waals surface area contributed by atoms with Crippen molar-refractivity contribution < 1.29 is 0 Å². The van der Waals surface area contributed by atoms with E-state index < -0.39 is 0 Å². The quantitative estimate of drug-likeness (QED) is 0.591. The van der Waals surface area contributed by atoms with Crippen molar-refractivity contribution >= 4 is 0 Å². The molecule has 0 fully saturated rings. The Bertz CT molecular complexity index is 328. The molecule has 0 spiro atoms. The average Bonchev–Trinajstić information content (AvgIpc) is 2.02. The van der Waals surface area contributed by atoms with E-state index in [-0.39, 0.29) is 0 Å². The van der Waals surface area contributed by atoms with Gasteiger partial charge in [0, 0.05) is 11.4 Å². The minimum Gasteiger partial charge on any atom is -0.258 e. The zero-order valence-corrected chi connectivity index (χ0v) is 8.72. The second kappa shape index (κ2) is 3.13. The van der Waals surface area contributed by atoms with Crippen molar-refractivity contribution in [2.75, 3.05) is 0 Å². The molecule has 0 N–H and O–H groups in total. The summed E-state index contributed by atoms with van der Waals surface area (Å²) >= 11 is 0. The number of nitrogens with zero attached hydrogens (tertiary/aromatic N) is 1. The highest BCUT2D eigenvalue weighted by molar-refractivity contribution is 5.33. The number of aromatic nitrogens is 1. The van der Waals surface area contributed by atoms with Gasteiger partial charge in [0.05, 0.1) is 0 Å². The molecule has 1 nitrogen and oxygen atoms in total. The van der Waals surface area contributed by atoms with E-state index in [1.165, 1.54) is 41.8 Å². The fraction of sp³-hybridized carbons (Fsp3) is 0.583. The maximum absolute atomic E-state index is 4.62. The molecule has 0 saturated heterocycles. The number of hydrogen-bond donors (Lipinski definition) is 0. The minimum atomic E-state index is 0.821. The summed E-state index contributed by atoms with van der Waals surface area (Å²) in [5, 5.41) is 0. The Morgan fingerprint density at radius 1 is 1.38 bits per heavy atom. The summed E-state index contributed by atoms with van der Waals surface area (Å²) in [6.45, 7) is 6.62. The van der Waals surface area contributed by atoms with Gasteiger partial charge in [-0.15, -0.1) is 0 Å². The lowest BCUT2D eigenvalue weighted by Crippen LogP contribution is -2.14. The van der Waals surface area contributed by atoms with Crippen LogP contribution in [0.25, 0.3) is 0 Å². The topological polar surface area (TPSA) is 12.9 Å². The highest BCUT2D eigenvalue weighted by atomic mass is 14.7. The van der Waals surface area contributed by atoms with Crippen molar-refractivity contribution in [3.05, 3.63) is 28.6 Å². The largest absolute Gasteiger partial charge is 0.258 e. The Labute approximate surface area is 80.2 Å². The number of aryl methyl sites for hydroxylation is 2. The van der Waals surface area contributed by atoms with Crippen LogP contribution in [0, 0.1) is 19.8 Å². The van der Waals surface area contributed by atoms with E-state index in [1.54, 1.807) is 0 Å². The van der Waals surface area contributed by atoms with Gasteiger partial charge in [-0.3, -0.25) is 4.98 Å². The first-order valence-electron chi connectivity index (χ1n) is 5.13. The molecule has 13 heavy (non-hydrogen) atoms. The van der Waals surface area contributed by atoms with Crippen LogP contribution in [0.1, 0.15) is 35.9 Å². The molecule has 1 aromatic heterocycles. The number of pyridine rings is 1. The number of hydrogen-bond acceptors (Lipinski definition) is 1. The number of fused-ring (bicyclic) bond motifs is 1. The Balaban J connectivity index is 2.47. The molecule has 1 aliphatic rings. The van der Waals surface area contributed by atoms with Crippen molar-refractivity contribution in [2.45, 2.75) is 40.0 Å². The first-order chi connectivity index (χ1) is 6.16. The molecule has 1 aliphatic carbocycles. The normalized spacial score (nSPS) is 21.3. The monoisotopic (exact) mass is 175 g/mol. The maximum atomic E-state index is 4.62. The standard InChI is InChI=1S/C12H17N/c1-8-4-5-11-9(2)7-10(3)13-12(11)6-8/h7-8H,4-6H2,1-3H3/t8-/m1/s1. The fourth-order valence-corrected chi connectivity index (χ4v) is 2.27. The van der Waals surface area contributed by atoms with Crippen molar-refractivity contribution in [1.82, 2.24) is 4.98 Å². The molecule has 0 amide bonds. The van der Waals surface area contributed by atoms with E-state index in [0.29, 0.717) is 0 Å². The summed E-state index contributed by atoms with van der Waals surface area (Å²) in [4.78, 5) is 4.62. The molecule has 1 heteroatoms. The van der Waals surface area contributed by atoms with Gasteiger partial charge < -0.3 is 0 Å². The van der Waals surface area contributed by atoms with E-state index in [0.717, 1.165) is 5.92 Å². The van der Waals surface area contributed by atoms with Gasteiger partial charge in [0.15, 0.2) is 0 Å². The molecule has 70 valence electrons. The molecule has 2 rings (SSSR count). The van der Waals surface area contributed by atoms with E-state index in [2.05, 4.69) is 31.8 Å². The van der Waals surface area contributed by atoms with Crippen LogP contribution in [0.5, 0.6) is 0 Å². The lowest BCUT2D eigenvalue weighted by Gasteiger charge is -2.22. The average molecular weight is 175 g/mol. The van der Waals surface area contributed by atoms with Crippen LogP contribution < -0.4 is 0 Å². The second-order valence-electron chi connectivity index (χ2n) is 4.35. The molecule has 1 atom stereocenters. The van der Waals surface area contributed by atoms with Crippen LogP contribution in [0.15, 0.2) is 6.07 Å². The number of rotatable bonds is 0. The minimum absolute atomic E-state index is 0.821. The predicted octanol–water partition coefficient (Wildman–Crippen LogP) is 2.82. The highest BCUT2D eigenvalue weighted by Gasteiger charge is 2.17. The van der Waals surface area contributed by atoms with Gasteiger partial charge in [-0.05, 0) is 56.2 Å². The molecule has 0 aromatic carbocycles. The zero-order valence-electron chi connectivity index (χ0n) is 8.72. The van der Waals surface area contributed by atoms with Gasteiger partial charge in [-0.25, -0.2) is 0 Å². The third-order valence-corrected chi connectivity index (χ3v) is 2.99. The third kappa shape index (κ3) is 1.60. The first kappa shape index (κ1) is 8.74. The summed E-state index contributed by atoms with van der Waals surface area (Å²) in [6, 6.07) is 2.20. The van der Waals surface area contributed by atoms with Gasteiger partial charge in [-0.2, -0.15) is 0 Å². The zero-order chi connectivity index (χ0) is 9.42. The molecule has 0 unspecified atom stereocenters. The highest BCUT2D eigenvalue weighted by Crippen LogP contribution is 2.26. The van der Waals surface area contributed by atoms with Gasteiger partial charge in [0.25, 0.3) is 0 Å². The van der Waals surface area contributed by atoms with Gasteiger partial charge in [-0.1, -0.05) is 6.92 Å². The predicted molar refractivity (Wildman–Crippen MR) is 54.9 cm³/mol. The molecule has 1 aromatic rings. The van der Waals surface area contributed by atoms with E-state index in [9.17, 15) is 0 Å². The molecule has 0 bridgehead atoms. The van der Waals surface area contributed by atoms with E-state index in [4.69, 9.17) is 0 Å². The first-order valence-corrected chi connectivity index (χ1v) is 5.13. The van der Waals surface area contributed by atoms with Crippen LogP contribution in [-0.2, 0) is 12.8 Å². The van der Waals surface area contributed by atoms with Gasteiger partial charge >= 0.3 is 0 Å². The third-order valence-electron chi connectivity index (χ3n) is 2.99. The van der Waals surface area contributed by atoms with Crippen molar-refractivity contribution in [3.8, 4) is 0 Å². The Morgan fingerprint density at radius 2 is 2.15 bits per heavy atom. The summed E-state index contributed by atoms with van der Waals surface area (Å²) in [6.07, 6.45) is 3.74. The lowest BCUT2D eigenvalue weighted by molar-refractivity contribution is 0.490. The maximum Gasteiger partial charge on any atom is 0.0444 e. The van der Waals surface area contributed by atoms with Crippen LogP contribution >= 0.6 is 0 Å². The molecular formula is C12H17N. The molecule has 0 radical (unpaired) electrons. The van der Waals surface area contributed by atoms with Crippen molar-refractivity contribution in [2.24, 2.45) is 5.92 Å². The summed E-state index contributed by atoms with van der Waals surface area (Å²) in [5.74, 6) is 0.821. The molecule has 0 saturated carbocycles. The van der Waals surface area contributed by atoms with Gasteiger partial charge in [0.1, 0.15) is 0 Å². The summed E-state index contributed by atoms with van der Waals surface area (Å²) in [7, 11) is 0. The van der Waals surface area contributed by atoms with Crippen molar-refractivity contribution in [3.63, 3.8) is 0 Å². The van der Waals surface area contributed by atoms with E-state index in [1.807, 2.05) is 0 Å². The fourth-order valence-electron chi connectivity index (χ4n) is 2.27.